The minimum absolute atomic E-state index is 0.103. The van der Waals surface area contributed by atoms with Crippen LogP contribution < -0.4 is 10.3 Å². The van der Waals surface area contributed by atoms with Crippen molar-refractivity contribution in [1.29, 1.82) is 0 Å². The second-order valence-corrected chi connectivity index (χ2v) is 8.68. The number of H-pyrrole nitrogens is 1. The standard InChI is InChI=1S/C24H18N2O2S2/c1-14-20(17-9-8-16-13-19(28-2)11-10-15(16)12-17)21-22(30-14)25-24(29)26(23(21)27)18-6-4-3-5-7-18/h3-13H,1-2H3,(H,25,29). The molecule has 2 aromatic heterocycles. The van der Waals surface area contributed by atoms with Crippen LogP contribution in [0.1, 0.15) is 4.88 Å². The fraction of sp³-hybridized carbons (Fsp3) is 0.0833. The maximum absolute atomic E-state index is 13.6. The number of methoxy groups -OCH3 is 1. The number of hydrogen-bond donors (Lipinski definition) is 1. The van der Waals surface area contributed by atoms with Crippen LogP contribution in [0.15, 0.2) is 71.5 Å². The number of benzene rings is 3. The number of aryl methyl sites for hydroxylation is 1. The molecule has 0 aliphatic heterocycles. The van der Waals surface area contributed by atoms with Crippen LogP contribution in [0.5, 0.6) is 5.75 Å². The van der Waals surface area contributed by atoms with Gasteiger partial charge in [0.1, 0.15) is 10.6 Å². The number of nitrogens with zero attached hydrogens (tertiary/aromatic N) is 1. The number of thiophene rings is 1. The van der Waals surface area contributed by atoms with Crippen LogP contribution in [0, 0.1) is 11.7 Å². The number of ether oxygens (including phenoxy) is 1. The molecule has 2 heterocycles. The normalized spacial score (nSPS) is 11.3. The molecule has 0 bridgehead atoms. The van der Waals surface area contributed by atoms with Crippen molar-refractivity contribution in [2.45, 2.75) is 6.92 Å². The average molecular weight is 431 g/mol. The molecule has 5 rings (SSSR count). The number of fused-ring (bicyclic) bond motifs is 2. The first-order valence-corrected chi connectivity index (χ1v) is 10.7. The number of rotatable bonds is 3. The van der Waals surface area contributed by atoms with Gasteiger partial charge in [-0.1, -0.05) is 36.4 Å². The Morgan fingerprint density at radius 3 is 2.50 bits per heavy atom. The Kier molecular flexibility index (Phi) is 4.53. The molecule has 3 aromatic carbocycles. The Morgan fingerprint density at radius 1 is 1.00 bits per heavy atom. The van der Waals surface area contributed by atoms with Crippen LogP contribution in [0.25, 0.3) is 37.8 Å². The van der Waals surface area contributed by atoms with E-state index >= 15 is 0 Å². The van der Waals surface area contributed by atoms with Crippen LogP contribution in [-0.2, 0) is 0 Å². The van der Waals surface area contributed by atoms with Crippen LogP contribution in [-0.4, -0.2) is 16.7 Å². The summed E-state index contributed by atoms with van der Waals surface area (Å²) in [7, 11) is 1.66. The van der Waals surface area contributed by atoms with Crippen LogP contribution in [0.3, 0.4) is 0 Å². The minimum Gasteiger partial charge on any atom is -0.497 e. The van der Waals surface area contributed by atoms with Crippen molar-refractivity contribution in [3.05, 3.63) is 86.7 Å². The number of aromatic nitrogens is 2. The third-order valence-corrected chi connectivity index (χ3v) is 6.58. The van der Waals surface area contributed by atoms with Gasteiger partial charge in [-0.05, 0) is 65.8 Å². The molecule has 6 heteroatoms. The molecule has 0 saturated carbocycles. The van der Waals surface area contributed by atoms with Crippen molar-refractivity contribution < 1.29 is 4.74 Å². The maximum Gasteiger partial charge on any atom is 0.268 e. The van der Waals surface area contributed by atoms with E-state index in [4.69, 9.17) is 17.0 Å². The molecule has 0 spiro atoms. The monoisotopic (exact) mass is 430 g/mol. The van der Waals surface area contributed by atoms with E-state index < -0.39 is 0 Å². The lowest BCUT2D eigenvalue weighted by Gasteiger charge is -2.09. The van der Waals surface area contributed by atoms with E-state index in [9.17, 15) is 4.79 Å². The molecule has 0 unspecified atom stereocenters. The van der Waals surface area contributed by atoms with Crippen LogP contribution in [0.2, 0.25) is 0 Å². The van der Waals surface area contributed by atoms with Gasteiger partial charge in [0.05, 0.1) is 18.2 Å². The Hall–Kier alpha value is -3.22. The lowest BCUT2D eigenvalue weighted by atomic mass is 10.00. The summed E-state index contributed by atoms with van der Waals surface area (Å²) in [6, 6.07) is 21.7. The molecule has 148 valence electrons. The van der Waals surface area contributed by atoms with E-state index in [1.165, 1.54) is 0 Å². The smallest absolute Gasteiger partial charge is 0.268 e. The summed E-state index contributed by atoms with van der Waals surface area (Å²) in [6.07, 6.45) is 0. The van der Waals surface area contributed by atoms with Crippen molar-refractivity contribution in [1.82, 2.24) is 9.55 Å². The highest BCUT2D eigenvalue weighted by atomic mass is 32.1. The van der Waals surface area contributed by atoms with Gasteiger partial charge in [0.2, 0.25) is 0 Å². The predicted octanol–water partition coefficient (Wildman–Crippen LogP) is 6.25. The van der Waals surface area contributed by atoms with E-state index in [1.54, 1.807) is 23.0 Å². The Morgan fingerprint density at radius 2 is 1.73 bits per heavy atom. The fourth-order valence-corrected chi connectivity index (χ4v) is 5.28. The molecule has 0 saturated heterocycles. The molecule has 0 amide bonds. The quantitative estimate of drug-likeness (QED) is 0.344. The Bertz CT molecular complexity index is 1530. The Balaban J connectivity index is 1.80. The first kappa shape index (κ1) is 18.8. The predicted molar refractivity (Wildman–Crippen MR) is 127 cm³/mol. The molecule has 5 aromatic rings. The van der Waals surface area contributed by atoms with Crippen molar-refractivity contribution in [2.75, 3.05) is 7.11 Å². The topological polar surface area (TPSA) is 47.0 Å². The van der Waals surface area contributed by atoms with Crippen LogP contribution in [0.4, 0.5) is 0 Å². The highest BCUT2D eigenvalue weighted by molar-refractivity contribution is 7.71. The molecule has 0 aliphatic carbocycles. The summed E-state index contributed by atoms with van der Waals surface area (Å²) >= 11 is 7.07. The average Bonchev–Trinajstić information content (AvgIpc) is 3.09. The Labute approximate surface area is 182 Å². The van der Waals surface area contributed by atoms with Gasteiger partial charge in [-0.25, -0.2) is 0 Å². The van der Waals surface area contributed by atoms with Gasteiger partial charge in [0.15, 0.2) is 4.77 Å². The minimum atomic E-state index is -0.103. The molecule has 4 nitrogen and oxygen atoms in total. The molecule has 0 fully saturated rings. The first-order valence-electron chi connectivity index (χ1n) is 9.49. The van der Waals surface area contributed by atoms with E-state index in [-0.39, 0.29) is 5.56 Å². The van der Waals surface area contributed by atoms with Gasteiger partial charge in [0.25, 0.3) is 5.56 Å². The summed E-state index contributed by atoms with van der Waals surface area (Å²) in [4.78, 5) is 18.7. The van der Waals surface area contributed by atoms with Gasteiger partial charge < -0.3 is 9.72 Å². The summed E-state index contributed by atoms with van der Waals surface area (Å²) in [5.41, 5.74) is 2.62. The third kappa shape index (κ3) is 2.96. The maximum atomic E-state index is 13.6. The van der Waals surface area contributed by atoms with Gasteiger partial charge in [-0.2, -0.15) is 0 Å². The highest BCUT2D eigenvalue weighted by Crippen LogP contribution is 2.37. The van der Waals surface area contributed by atoms with E-state index in [1.807, 2.05) is 55.5 Å². The second kappa shape index (κ2) is 7.23. The molecule has 30 heavy (non-hydrogen) atoms. The number of hydrogen-bond acceptors (Lipinski definition) is 4. The summed E-state index contributed by atoms with van der Waals surface area (Å²) in [5.74, 6) is 0.825. The molecule has 0 radical (unpaired) electrons. The van der Waals surface area contributed by atoms with Crippen molar-refractivity contribution in [3.8, 4) is 22.6 Å². The van der Waals surface area contributed by atoms with Crippen LogP contribution >= 0.6 is 23.6 Å². The zero-order valence-electron chi connectivity index (χ0n) is 16.4. The molecule has 1 N–H and O–H groups in total. The molecule has 0 aliphatic rings. The second-order valence-electron chi connectivity index (χ2n) is 7.07. The number of aromatic amines is 1. The first-order chi connectivity index (χ1) is 14.6. The molecular weight excluding hydrogens is 412 g/mol. The summed E-state index contributed by atoms with van der Waals surface area (Å²) < 4.78 is 7.30. The van der Waals surface area contributed by atoms with Gasteiger partial charge in [0, 0.05) is 10.4 Å². The number of nitrogens with one attached hydrogen (secondary N) is 1. The SMILES string of the molecule is COc1ccc2cc(-c3c(C)sc4[nH]c(=S)n(-c5ccccc5)c(=O)c34)ccc2c1. The van der Waals surface area contributed by atoms with E-state index in [2.05, 4.69) is 23.2 Å². The lowest BCUT2D eigenvalue weighted by molar-refractivity contribution is 0.415. The van der Waals surface area contributed by atoms with Crippen molar-refractivity contribution in [2.24, 2.45) is 0 Å². The summed E-state index contributed by atoms with van der Waals surface area (Å²) in [5, 5.41) is 2.86. The number of para-hydroxylation sites is 1. The van der Waals surface area contributed by atoms with Crippen molar-refractivity contribution >= 4 is 44.5 Å². The van der Waals surface area contributed by atoms with E-state index in [0.29, 0.717) is 10.2 Å². The molecule has 0 atom stereocenters. The zero-order valence-corrected chi connectivity index (χ0v) is 18.1. The van der Waals surface area contributed by atoms with E-state index in [0.717, 1.165) is 43.0 Å². The fourth-order valence-electron chi connectivity index (χ4n) is 3.86. The highest BCUT2D eigenvalue weighted by Gasteiger charge is 2.18. The van der Waals surface area contributed by atoms with Gasteiger partial charge in [-0.3, -0.25) is 9.36 Å². The zero-order chi connectivity index (χ0) is 20.8. The lowest BCUT2D eigenvalue weighted by Crippen LogP contribution is -2.20. The molecular formula is C24H18N2O2S2. The summed E-state index contributed by atoms with van der Waals surface area (Å²) in [6.45, 7) is 2.04. The third-order valence-electron chi connectivity index (χ3n) is 5.28. The largest absolute Gasteiger partial charge is 0.497 e. The van der Waals surface area contributed by atoms with Gasteiger partial charge in [-0.15, -0.1) is 11.3 Å². The van der Waals surface area contributed by atoms with Gasteiger partial charge >= 0.3 is 0 Å². The van der Waals surface area contributed by atoms with Crippen molar-refractivity contribution in [3.63, 3.8) is 0 Å².